The van der Waals surface area contributed by atoms with Gasteiger partial charge in [0.05, 0.1) is 18.3 Å². The van der Waals surface area contributed by atoms with E-state index in [1.165, 1.54) is 0 Å². The first-order chi connectivity index (χ1) is 63.6. The van der Waals surface area contributed by atoms with E-state index in [2.05, 4.69) is 427 Å². The molecule has 141 heavy (non-hydrogen) atoms. The predicted molar refractivity (Wildman–Crippen MR) is 583 cm³/mol. The van der Waals surface area contributed by atoms with Gasteiger partial charge < -0.3 is 87.9 Å². The molecule has 808 valence electrons. The van der Waals surface area contributed by atoms with E-state index >= 15 is 0 Å². The Hall–Kier alpha value is -4.73. The topological polar surface area (TPSA) is 262 Å². The zero-order valence-corrected chi connectivity index (χ0v) is 98.1. The first kappa shape index (κ1) is 112. The van der Waals surface area contributed by atoms with Crippen LogP contribution >= 0.6 is 0 Å². The van der Waals surface area contributed by atoms with E-state index in [9.17, 15) is 0 Å². The molecule has 0 unspecified atom stereocenters. The Morgan fingerprint density at radius 2 is 0.348 bits per heavy atom. The highest BCUT2D eigenvalue weighted by Crippen LogP contribution is 2.48. The van der Waals surface area contributed by atoms with Crippen LogP contribution < -0.4 is 74.8 Å². The molecule has 0 amide bonds. The van der Waals surface area contributed by atoms with Crippen molar-refractivity contribution in [1.82, 2.24) is 120 Å². The highest BCUT2D eigenvalue weighted by atomic mass is 16.8. The number of piperidine rings is 11. The summed E-state index contributed by atoms with van der Waals surface area (Å²) >= 11 is 0. The second kappa shape index (κ2) is 37.7. The lowest BCUT2D eigenvalue weighted by Crippen LogP contribution is -2.68. The zero-order chi connectivity index (χ0) is 105. The predicted octanol–water partition coefficient (Wildman–Crippen LogP) is 16.9. The number of hydrogen-bond donors (Lipinski definition) is 14. The highest BCUT2D eigenvalue weighted by Gasteiger charge is 2.56. The summed E-state index contributed by atoms with van der Waals surface area (Å²) in [5, 5.41) is 69.1. The highest BCUT2D eigenvalue weighted by molar-refractivity contribution is 5.96. The van der Waals surface area contributed by atoms with Gasteiger partial charge in [0.15, 0.2) is 17.5 Å². The molecule has 29 nitrogen and oxygen atoms in total. The summed E-state index contributed by atoms with van der Waals surface area (Å²) in [6.07, 6.45) is 26.4. The van der Waals surface area contributed by atoms with Gasteiger partial charge in [0.25, 0.3) is 0 Å². The van der Waals surface area contributed by atoms with Crippen LogP contribution in [0.4, 0.5) is 0 Å². The molecule has 0 aromatic rings. The number of hydrazine groups is 3. The Bertz CT molecular complexity index is 4110. The summed E-state index contributed by atoms with van der Waals surface area (Å²) in [4.78, 5) is 40.0. The van der Waals surface area contributed by atoms with Crippen LogP contribution in [0.5, 0.6) is 0 Å². The van der Waals surface area contributed by atoms with Crippen LogP contribution in [0, 0.1) is 0 Å². The average molecular weight is 1970 g/mol. The third-order valence-corrected chi connectivity index (χ3v) is 32.8. The average Bonchev–Trinajstić information content (AvgIpc) is 0.753. The summed E-state index contributed by atoms with van der Waals surface area (Å²) in [5.74, 6) is 5.68. The Balaban J connectivity index is 1.02. The Morgan fingerprint density at radius 3 is 0.518 bits per heavy atom. The fraction of sp³-hybridized carbons (Fsp3) is 0.920. The van der Waals surface area contributed by atoms with Crippen molar-refractivity contribution in [3.63, 3.8) is 0 Å². The van der Waals surface area contributed by atoms with Gasteiger partial charge in [-0.3, -0.25) is 0 Å². The van der Waals surface area contributed by atoms with E-state index in [1.807, 2.05) is 15.8 Å². The van der Waals surface area contributed by atoms with E-state index in [0.29, 0.717) is 26.2 Å². The van der Waals surface area contributed by atoms with E-state index in [1.54, 1.807) is 0 Å². The molecule has 14 rings (SSSR count). The SMILES string of the molecule is CC1(C)CC(ON2N=C(N(CCN(C3=NN(OC4CC(C)(C)NC(C)(C)C4)NC(N(C4CC(C)(C)NC(C)(C)C4)C4CC(C)(C)NC(C)(C)C4)=C3)C3CC(C)(C)NC(C)(C)C3)CCN(C3=NN(OC4CC(C)(C)NC(C)(C)C4)NC(N(C4CC(C)(C)NC(C)(C)C4)C4CC(C)(C)NC(C)(C)C4)=C3)C3CC(C)(C)NC(C)(C)C3)C=C(N(C3CC(C)(C)NC(C)(C)C3)C3CC(C)(C)NC(C)(C)C3)N2)CC(C)(C)N1. The summed E-state index contributed by atoms with van der Waals surface area (Å²) in [6, 6.07) is 0.798. The third-order valence-electron chi connectivity index (χ3n) is 32.8. The van der Waals surface area contributed by atoms with E-state index in [-0.39, 0.29) is 189 Å². The lowest BCUT2D eigenvalue weighted by Gasteiger charge is -2.57. The lowest BCUT2D eigenvalue weighted by atomic mass is 9.75. The monoisotopic (exact) mass is 1970 g/mol. The molecule has 11 saturated heterocycles. The fourth-order valence-electron chi connectivity index (χ4n) is 33.1. The van der Waals surface area contributed by atoms with Crippen LogP contribution in [-0.2, 0) is 14.5 Å². The van der Waals surface area contributed by atoms with Gasteiger partial charge in [-0.15, -0.1) is 15.3 Å². The zero-order valence-electron chi connectivity index (χ0n) is 98.1. The minimum atomic E-state index is -0.268. The van der Waals surface area contributed by atoms with Gasteiger partial charge in [0.2, 0.25) is 0 Å². The minimum absolute atomic E-state index is 0.00481. The molecule has 14 aliphatic rings. The van der Waals surface area contributed by atoms with Crippen molar-refractivity contribution in [2.45, 2.75) is 634 Å². The van der Waals surface area contributed by atoms with Crippen molar-refractivity contribution in [3.8, 4) is 0 Å². The molecule has 0 aromatic heterocycles. The fourth-order valence-corrected chi connectivity index (χ4v) is 33.1. The standard InChI is InChI=1S/C112H212N26O3/c1-91(2)52-74(53-92(3,4)119-91)131(86-50-89(117-137(114-86)140-83-70-109(37,38)128-110(39,40)71-83)134(78-60-99(17,18)123-100(19,20)61-78)79-62-101(21,22)124-102(23,24)63-79)47-45-130(85-49-88(116-136(113-85)139-82-68-107(33,34)127-108(35,36)69-82)133(76-56-95(9,10)121-96(11,12)57-76)77-58-97(13,14)122-98(15,16)59-77)46-48-132(75-54-93(5,6)120-94(7,8)55-75)87-51-90(118-138(115-87)141-84-72-111(41,42)129-112(43,44)73-84)135(80-64-103(25,26)125-104(27,28)65-80)81-66-105(29,30)126-106(31,32)67-81/h49-51,74-84,116-129H,45-48,52-73H2,1-44H3. The molecule has 0 aromatic carbocycles. The van der Waals surface area contributed by atoms with Crippen LogP contribution in [0.25, 0.3) is 0 Å². The molecule has 14 heterocycles. The largest absolute Gasteiger partial charge is 0.351 e. The summed E-state index contributed by atoms with van der Waals surface area (Å²) in [7, 11) is 0. The maximum absolute atomic E-state index is 7.80. The number of rotatable bonds is 23. The molecular formula is C112H212N26O3. The first-order valence-electron chi connectivity index (χ1n) is 55.6. The molecule has 29 heteroatoms. The van der Waals surface area contributed by atoms with Gasteiger partial charge >= 0.3 is 0 Å². The van der Waals surface area contributed by atoms with Crippen LogP contribution in [0.3, 0.4) is 0 Å². The van der Waals surface area contributed by atoms with Crippen molar-refractivity contribution in [2.75, 3.05) is 26.2 Å². The smallest absolute Gasteiger partial charge is 0.157 e. The van der Waals surface area contributed by atoms with Crippen LogP contribution in [0.15, 0.2) is 51.0 Å². The second-order valence-electron chi connectivity index (χ2n) is 62.4. The number of nitrogens with zero attached hydrogens (tertiary/aromatic N) is 12. The molecular weight excluding hydrogens is 1760 g/mol. The van der Waals surface area contributed by atoms with Gasteiger partial charge in [-0.2, -0.15) is 0 Å². The molecule has 14 N–H and O–H groups in total. The summed E-state index contributed by atoms with van der Waals surface area (Å²) < 4.78 is 0. The maximum Gasteiger partial charge on any atom is 0.157 e. The first-order valence-corrected chi connectivity index (χ1v) is 55.6. The van der Waals surface area contributed by atoms with Crippen molar-refractivity contribution < 1.29 is 14.5 Å². The number of amidine groups is 3. The molecule has 0 aliphatic carbocycles. The molecule has 0 atom stereocenters. The van der Waals surface area contributed by atoms with Gasteiger partial charge in [-0.05, 0) is 446 Å². The van der Waals surface area contributed by atoms with E-state index in [4.69, 9.17) is 29.8 Å². The third kappa shape index (κ3) is 29.5. The number of nitrogens with one attached hydrogen (secondary N) is 14. The molecule has 0 spiro atoms. The summed E-state index contributed by atoms with van der Waals surface area (Å²) in [5.41, 5.74) is 7.88. The summed E-state index contributed by atoms with van der Waals surface area (Å²) in [6.45, 7) is 108. The molecule has 0 radical (unpaired) electrons. The Labute approximate surface area is 858 Å². The van der Waals surface area contributed by atoms with Crippen molar-refractivity contribution >= 4 is 17.5 Å². The van der Waals surface area contributed by atoms with Crippen LogP contribution in [-0.4, -0.2) is 277 Å². The van der Waals surface area contributed by atoms with Gasteiger partial charge in [0.1, 0.15) is 17.5 Å². The maximum atomic E-state index is 7.80. The van der Waals surface area contributed by atoms with Crippen molar-refractivity contribution in [1.29, 1.82) is 0 Å². The molecule has 14 aliphatic heterocycles. The Morgan fingerprint density at radius 1 is 0.206 bits per heavy atom. The van der Waals surface area contributed by atoms with Crippen LogP contribution in [0.1, 0.15) is 446 Å². The van der Waals surface area contributed by atoms with E-state index < -0.39 is 0 Å². The number of hydrazone groups is 3. The van der Waals surface area contributed by atoms with Gasteiger partial charge in [-0.1, -0.05) is 15.8 Å². The molecule has 0 bridgehead atoms. The minimum Gasteiger partial charge on any atom is -0.351 e. The number of hydrogen-bond acceptors (Lipinski definition) is 29. The molecule has 11 fully saturated rings. The quantitative estimate of drug-likeness (QED) is 0.0453. The van der Waals surface area contributed by atoms with Crippen molar-refractivity contribution in [3.05, 3.63) is 35.7 Å². The normalized spacial score (nSPS) is 30.4. The Kier molecular flexibility index (Phi) is 29.9. The van der Waals surface area contributed by atoms with Crippen molar-refractivity contribution in [2.24, 2.45) is 15.3 Å². The second-order valence-corrected chi connectivity index (χ2v) is 62.4. The van der Waals surface area contributed by atoms with E-state index in [0.717, 1.165) is 176 Å². The van der Waals surface area contributed by atoms with Gasteiger partial charge in [-0.25, -0.2) is 30.8 Å². The van der Waals surface area contributed by atoms with Gasteiger partial charge in [0, 0.05) is 215 Å². The molecule has 0 saturated carbocycles. The van der Waals surface area contributed by atoms with Crippen LogP contribution in [0.2, 0.25) is 0 Å². The lowest BCUT2D eigenvalue weighted by molar-refractivity contribution is -0.246.